The van der Waals surface area contributed by atoms with Gasteiger partial charge in [-0.1, -0.05) is 47.7 Å². The summed E-state index contributed by atoms with van der Waals surface area (Å²) in [6.45, 7) is 2.72. The van der Waals surface area contributed by atoms with Crippen molar-refractivity contribution in [1.29, 1.82) is 0 Å². The zero-order valence-corrected chi connectivity index (χ0v) is 20.9. The Kier molecular flexibility index (Phi) is 8.92. The Morgan fingerprint density at radius 3 is 2.30 bits per heavy atom. The first-order valence-electron chi connectivity index (χ1n) is 11.5. The van der Waals surface area contributed by atoms with Gasteiger partial charge in [0.2, 0.25) is 11.0 Å². The van der Waals surface area contributed by atoms with Crippen molar-refractivity contribution in [2.75, 3.05) is 18.5 Å². The molecule has 0 radical (unpaired) electrons. The number of hydrazone groups is 1. The molecular formula is C27H25N5O4S. The molecule has 0 atom stereocenters. The van der Waals surface area contributed by atoms with Crippen LogP contribution < -0.4 is 20.2 Å². The monoisotopic (exact) mass is 515 g/mol. The summed E-state index contributed by atoms with van der Waals surface area (Å²) in [5.74, 6) is 0.893. The van der Waals surface area contributed by atoms with E-state index in [1.54, 1.807) is 12.1 Å². The van der Waals surface area contributed by atoms with E-state index >= 15 is 0 Å². The van der Waals surface area contributed by atoms with Crippen molar-refractivity contribution in [3.8, 4) is 11.5 Å². The summed E-state index contributed by atoms with van der Waals surface area (Å²) >= 11 is 1.14. The normalized spacial score (nSPS) is 10.7. The van der Waals surface area contributed by atoms with Crippen LogP contribution in [0.5, 0.6) is 11.5 Å². The van der Waals surface area contributed by atoms with Gasteiger partial charge in [-0.3, -0.25) is 14.9 Å². The van der Waals surface area contributed by atoms with Gasteiger partial charge >= 0.3 is 0 Å². The van der Waals surface area contributed by atoms with Gasteiger partial charge in [-0.25, -0.2) is 5.43 Å². The second kappa shape index (κ2) is 12.9. The molecule has 0 fully saturated rings. The van der Waals surface area contributed by atoms with Crippen molar-refractivity contribution in [3.63, 3.8) is 0 Å². The van der Waals surface area contributed by atoms with Crippen molar-refractivity contribution in [2.24, 2.45) is 5.10 Å². The van der Waals surface area contributed by atoms with Crippen LogP contribution in [0, 0.1) is 6.92 Å². The van der Waals surface area contributed by atoms with Gasteiger partial charge in [0, 0.05) is 5.56 Å². The Labute approximate surface area is 218 Å². The van der Waals surface area contributed by atoms with E-state index < -0.39 is 0 Å². The third-order valence-electron chi connectivity index (χ3n) is 5.04. The van der Waals surface area contributed by atoms with Crippen LogP contribution in [0.25, 0.3) is 0 Å². The number of aryl methyl sites for hydroxylation is 1. The van der Waals surface area contributed by atoms with Gasteiger partial charge in [-0.15, -0.1) is 10.2 Å². The van der Waals surface area contributed by atoms with Gasteiger partial charge in [-0.05, 0) is 60.5 Å². The highest BCUT2D eigenvalue weighted by molar-refractivity contribution is 7.15. The second-order valence-electron chi connectivity index (χ2n) is 7.82. The number of carbonyl (C=O) groups is 2. The summed E-state index contributed by atoms with van der Waals surface area (Å²) in [6.07, 6.45) is 1.53. The maximum atomic E-state index is 12.4. The van der Waals surface area contributed by atoms with Crippen LogP contribution >= 0.6 is 11.3 Å². The number of aromatic nitrogens is 2. The molecule has 0 aliphatic heterocycles. The number of anilines is 1. The lowest BCUT2D eigenvalue weighted by Gasteiger charge is -2.08. The Morgan fingerprint density at radius 2 is 1.57 bits per heavy atom. The van der Waals surface area contributed by atoms with Crippen molar-refractivity contribution in [2.45, 2.75) is 13.3 Å². The highest BCUT2D eigenvalue weighted by Crippen LogP contribution is 2.18. The van der Waals surface area contributed by atoms with Crippen LogP contribution in [0.15, 0.2) is 84.0 Å². The highest BCUT2D eigenvalue weighted by atomic mass is 32.1. The van der Waals surface area contributed by atoms with Gasteiger partial charge in [0.25, 0.3) is 5.91 Å². The second-order valence-corrected chi connectivity index (χ2v) is 8.88. The molecule has 9 nitrogen and oxygen atoms in total. The van der Waals surface area contributed by atoms with Gasteiger partial charge in [0.15, 0.2) is 0 Å². The van der Waals surface area contributed by atoms with Crippen LogP contribution in [0.2, 0.25) is 0 Å². The molecule has 0 bridgehead atoms. The molecule has 188 valence electrons. The Morgan fingerprint density at radius 1 is 0.892 bits per heavy atom. The summed E-state index contributed by atoms with van der Waals surface area (Å²) in [7, 11) is 0. The van der Waals surface area contributed by atoms with E-state index in [2.05, 4.69) is 26.0 Å². The number of rotatable bonds is 11. The van der Waals surface area contributed by atoms with Crippen molar-refractivity contribution >= 4 is 34.5 Å². The molecule has 3 aromatic carbocycles. The molecule has 0 aliphatic carbocycles. The SMILES string of the molecule is Cc1ccccc1C(=O)Nc1nnc(CC(=O)N/N=C/c2ccc(OCCOc3ccccc3)cc2)s1. The topological polar surface area (TPSA) is 115 Å². The third kappa shape index (κ3) is 7.97. The number of hydrogen-bond donors (Lipinski definition) is 2. The van der Waals surface area contributed by atoms with Crippen molar-refractivity contribution in [3.05, 3.63) is 101 Å². The highest BCUT2D eigenvalue weighted by Gasteiger charge is 2.13. The van der Waals surface area contributed by atoms with Crippen molar-refractivity contribution < 1.29 is 19.1 Å². The first kappa shape index (κ1) is 25.5. The predicted octanol–water partition coefficient (Wildman–Crippen LogP) is 4.25. The lowest BCUT2D eigenvalue weighted by Crippen LogP contribution is -2.19. The van der Waals surface area contributed by atoms with Gasteiger partial charge < -0.3 is 9.47 Å². The predicted molar refractivity (Wildman–Crippen MR) is 142 cm³/mol. The number of carbonyl (C=O) groups excluding carboxylic acids is 2. The van der Waals surface area contributed by atoms with E-state index in [9.17, 15) is 9.59 Å². The largest absolute Gasteiger partial charge is 0.490 e. The Hall–Kier alpha value is -4.57. The van der Waals surface area contributed by atoms with E-state index in [1.807, 2.05) is 73.7 Å². The quantitative estimate of drug-likeness (QED) is 0.175. The van der Waals surface area contributed by atoms with Crippen molar-refractivity contribution in [1.82, 2.24) is 15.6 Å². The number of nitrogens with zero attached hydrogens (tertiary/aromatic N) is 3. The van der Waals surface area contributed by atoms with E-state index in [-0.39, 0.29) is 18.2 Å². The lowest BCUT2D eigenvalue weighted by molar-refractivity contribution is -0.120. The summed E-state index contributed by atoms with van der Waals surface area (Å²) in [5.41, 5.74) is 4.68. The van der Waals surface area contributed by atoms with E-state index in [1.165, 1.54) is 6.21 Å². The first-order valence-corrected chi connectivity index (χ1v) is 12.3. The minimum atomic E-state index is -0.345. The smallest absolute Gasteiger partial charge is 0.257 e. The maximum absolute atomic E-state index is 12.4. The molecule has 1 heterocycles. The average Bonchev–Trinajstić information content (AvgIpc) is 3.34. The molecule has 4 aromatic rings. The number of benzene rings is 3. The molecule has 37 heavy (non-hydrogen) atoms. The van der Waals surface area contributed by atoms with E-state index in [4.69, 9.17) is 9.47 Å². The van der Waals surface area contributed by atoms with Crippen LogP contribution in [0.4, 0.5) is 5.13 Å². The lowest BCUT2D eigenvalue weighted by atomic mass is 10.1. The molecular weight excluding hydrogens is 490 g/mol. The molecule has 0 saturated carbocycles. The van der Waals surface area contributed by atoms with E-state index in [0.717, 1.165) is 28.2 Å². The summed E-state index contributed by atoms with van der Waals surface area (Å²) < 4.78 is 11.3. The fourth-order valence-electron chi connectivity index (χ4n) is 3.21. The number of amides is 2. The van der Waals surface area contributed by atoms with Gasteiger partial charge in [0.05, 0.1) is 12.6 Å². The molecule has 4 rings (SSSR count). The summed E-state index contributed by atoms with van der Waals surface area (Å²) in [4.78, 5) is 24.6. The molecule has 10 heteroatoms. The number of para-hydroxylation sites is 1. The number of hydrogen-bond acceptors (Lipinski definition) is 8. The molecule has 2 amide bonds. The Balaban J connectivity index is 1.17. The average molecular weight is 516 g/mol. The maximum Gasteiger partial charge on any atom is 0.257 e. The van der Waals surface area contributed by atoms with Crippen LogP contribution in [0.1, 0.15) is 26.5 Å². The molecule has 0 aliphatic rings. The van der Waals surface area contributed by atoms with Gasteiger partial charge in [-0.2, -0.15) is 5.10 Å². The van der Waals surface area contributed by atoms with Crippen LogP contribution in [-0.2, 0) is 11.2 Å². The molecule has 2 N–H and O–H groups in total. The third-order valence-corrected chi connectivity index (χ3v) is 5.87. The number of nitrogens with one attached hydrogen (secondary N) is 2. The molecule has 0 unspecified atom stereocenters. The van der Waals surface area contributed by atoms with Gasteiger partial charge in [0.1, 0.15) is 29.7 Å². The summed E-state index contributed by atoms with van der Waals surface area (Å²) in [6, 6.07) is 24.1. The standard InChI is InChI=1S/C27H25N5O4S/c1-19-7-5-6-10-23(19)26(34)29-27-32-31-25(37-27)17-24(33)30-28-18-20-11-13-22(14-12-20)36-16-15-35-21-8-3-2-4-9-21/h2-14,18H,15-17H2,1H3,(H,30,33)(H,29,32,34)/b28-18+. The minimum absolute atomic E-state index is 0.00687. The fourth-order valence-corrected chi connectivity index (χ4v) is 3.94. The Bertz CT molecular complexity index is 1360. The van der Waals surface area contributed by atoms with Crippen LogP contribution in [0.3, 0.4) is 0 Å². The fraction of sp³-hybridized carbons (Fsp3) is 0.148. The summed E-state index contributed by atoms with van der Waals surface area (Å²) in [5, 5.41) is 15.4. The molecule has 1 aromatic heterocycles. The zero-order chi connectivity index (χ0) is 25.9. The molecule has 0 saturated heterocycles. The number of ether oxygens (including phenoxy) is 2. The zero-order valence-electron chi connectivity index (χ0n) is 20.1. The minimum Gasteiger partial charge on any atom is -0.490 e. The first-order chi connectivity index (χ1) is 18.1. The van der Waals surface area contributed by atoms with Crippen LogP contribution in [-0.4, -0.2) is 41.4 Å². The van der Waals surface area contributed by atoms with E-state index in [0.29, 0.717) is 34.7 Å². The molecule has 0 spiro atoms.